The van der Waals surface area contributed by atoms with Crippen LogP contribution in [0.25, 0.3) is 0 Å². The van der Waals surface area contributed by atoms with Gasteiger partial charge in [0.2, 0.25) is 0 Å². The molecule has 1 N–H and O–H groups in total. The summed E-state index contributed by atoms with van der Waals surface area (Å²) in [4.78, 5) is 7.17. The van der Waals surface area contributed by atoms with Crippen molar-refractivity contribution in [3.8, 4) is 0 Å². The van der Waals surface area contributed by atoms with E-state index in [0.717, 1.165) is 51.5 Å². The first-order valence-electron chi connectivity index (χ1n) is 8.75. The van der Waals surface area contributed by atoms with Crippen LogP contribution in [0.5, 0.6) is 0 Å². The fraction of sp³-hybridized carbons (Fsp3) is 0.588. The lowest BCUT2D eigenvalue weighted by Crippen LogP contribution is -2.40. The lowest BCUT2D eigenvalue weighted by atomic mass is 10.0. The molecule has 1 saturated heterocycles. The van der Waals surface area contributed by atoms with Crippen LogP contribution in [0.4, 0.5) is 0 Å². The summed E-state index contributed by atoms with van der Waals surface area (Å²) >= 11 is 0. The molecule has 0 saturated carbocycles. The van der Waals surface area contributed by atoms with Crippen LogP contribution < -0.4 is 5.32 Å². The van der Waals surface area contributed by atoms with Crippen LogP contribution in [0.2, 0.25) is 0 Å². The molecular formula is C17H27N7. The molecule has 0 aliphatic carbocycles. The smallest absolute Gasteiger partial charge is 0.193 e. The van der Waals surface area contributed by atoms with Crippen molar-refractivity contribution in [2.24, 2.45) is 12.0 Å². The molecule has 0 aromatic carbocycles. The first-order valence-corrected chi connectivity index (χ1v) is 8.75. The van der Waals surface area contributed by atoms with Gasteiger partial charge in [0.25, 0.3) is 0 Å². The van der Waals surface area contributed by atoms with Gasteiger partial charge in [-0.1, -0.05) is 0 Å². The minimum Gasteiger partial charge on any atom is -0.357 e. The fourth-order valence-electron chi connectivity index (χ4n) is 3.15. The van der Waals surface area contributed by atoms with Crippen molar-refractivity contribution in [2.75, 3.05) is 26.2 Å². The van der Waals surface area contributed by atoms with Gasteiger partial charge in [-0.3, -0.25) is 14.4 Å². The number of nitrogens with zero attached hydrogens (tertiary/aromatic N) is 6. The van der Waals surface area contributed by atoms with E-state index in [9.17, 15) is 0 Å². The molecule has 0 radical (unpaired) electrons. The summed E-state index contributed by atoms with van der Waals surface area (Å²) in [5, 5.41) is 12.0. The molecule has 1 aliphatic rings. The standard InChI is InChI=1S/C17H27N7/c1-3-18-17(19-7-4-9-24-10-5-8-20-24)23-11-6-15(14-23)16-12-21-22(2)13-16/h5,8,10,12-13,15H,3-4,6-7,9,11,14H2,1-2H3,(H,18,19). The molecule has 1 atom stereocenters. The van der Waals surface area contributed by atoms with Crippen LogP contribution in [0, 0.1) is 0 Å². The highest BCUT2D eigenvalue weighted by molar-refractivity contribution is 5.80. The second-order valence-electron chi connectivity index (χ2n) is 6.24. The summed E-state index contributed by atoms with van der Waals surface area (Å²) in [6, 6.07) is 1.95. The summed E-state index contributed by atoms with van der Waals surface area (Å²) < 4.78 is 3.84. The molecule has 7 nitrogen and oxygen atoms in total. The van der Waals surface area contributed by atoms with Crippen molar-refractivity contribution in [1.82, 2.24) is 29.8 Å². The number of aryl methyl sites for hydroxylation is 2. The Morgan fingerprint density at radius 3 is 3.04 bits per heavy atom. The van der Waals surface area contributed by atoms with Gasteiger partial charge in [-0.15, -0.1) is 0 Å². The third-order valence-electron chi connectivity index (χ3n) is 4.39. The minimum absolute atomic E-state index is 0.548. The molecule has 24 heavy (non-hydrogen) atoms. The number of likely N-dealkylation sites (tertiary alicyclic amines) is 1. The SMILES string of the molecule is CCNC(=NCCCn1cccn1)N1CCC(c2cnn(C)c2)C1. The number of guanidine groups is 1. The van der Waals surface area contributed by atoms with Crippen molar-refractivity contribution >= 4 is 5.96 Å². The lowest BCUT2D eigenvalue weighted by molar-refractivity contribution is 0.484. The van der Waals surface area contributed by atoms with Gasteiger partial charge < -0.3 is 10.2 Å². The molecule has 0 spiro atoms. The van der Waals surface area contributed by atoms with Crippen LogP contribution in [-0.4, -0.2) is 56.6 Å². The Hall–Kier alpha value is -2.31. The molecule has 0 bridgehead atoms. The number of hydrogen-bond donors (Lipinski definition) is 1. The van der Waals surface area contributed by atoms with Gasteiger partial charge >= 0.3 is 0 Å². The number of aromatic nitrogens is 4. The third-order valence-corrected chi connectivity index (χ3v) is 4.39. The van der Waals surface area contributed by atoms with Gasteiger partial charge in [-0.05, 0) is 31.4 Å². The van der Waals surface area contributed by atoms with E-state index in [1.807, 2.05) is 41.1 Å². The second kappa shape index (κ2) is 7.99. The first kappa shape index (κ1) is 16.5. The van der Waals surface area contributed by atoms with E-state index in [1.54, 1.807) is 0 Å². The van der Waals surface area contributed by atoms with Crippen molar-refractivity contribution in [3.05, 3.63) is 36.4 Å². The predicted octanol–water partition coefficient (Wildman–Crippen LogP) is 1.46. The summed E-state index contributed by atoms with van der Waals surface area (Å²) in [6.45, 7) is 6.80. The monoisotopic (exact) mass is 329 g/mol. The van der Waals surface area contributed by atoms with Crippen molar-refractivity contribution in [3.63, 3.8) is 0 Å². The quantitative estimate of drug-likeness (QED) is 0.495. The Morgan fingerprint density at radius 1 is 1.42 bits per heavy atom. The van der Waals surface area contributed by atoms with E-state index < -0.39 is 0 Å². The Balaban J connectivity index is 1.53. The number of hydrogen-bond acceptors (Lipinski definition) is 3. The second-order valence-corrected chi connectivity index (χ2v) is 6.24. The van der Waals surface area contributed by atoms with E-state index >= 15 is 0 Å². The summed E-state index contributed by atoms with van der Waals surface area (Å²) in [5.41, 5.74) is 1.33. The molecular weight excluding hydrogens is 302 g/mol. The van der Waals surface area contributed by atoms with Crippen LogP contribution in [0.15, 0.2) is 35.8 Å². The zero-order chi connectivity index (χ0) is 16.8. The molecule has 0 amide bonds. The molecule has 7 heteroatoms. The summed E-state index contributed by atoms with van der Waals surface area (Å²) in [6.07, 6.45) is 10.1. The van der Waals surface area contributed by atoms with Gasteiger partial charge in [-0.2, -0.15) is 10.2 Å². The van der Waals surface area contributed by atoms with Gasteiger partial charge in [0.1, 0.15) is 0 Å². The molecule has 1 unspecified atom stereocenters. The topological polar surface area (TPSA) is 63.3 Å². The maximum absolute atomic E-state index is 4.80. The largest absolute Gasteiger partial charge is 0.357 e. The van der Waals surface area contributed by atoms with Gasteiger partial charge in [0.15, 0.2) is 5.96 Å². The van der Waals surface area contributed by atoms with Crippen molar-refractivity contribution in [1.29, 1.82) is 0 Å². The van der Waals surface area contributed by atoms with E-state index in [4.69, 9.17) is 4.99 Å². The summed E-state index contributed by atoms with van der Waals surface area (Å²) in [7, 11) is 1.97. The Kier molecular flexibility index (Phi) is 5.51. The number of rotatable bonds is 6. The number of nitrogens with one attached hydrogen (secondary N) is 1. The van der Waals surface area contributed by atoms with Crippen LogP contribution in [0.1, 0.15) is 31.2 Å². The molecule has 2 aromatic heterocycles. The molecule has 130 valence electrons. The molecule has 1 aliphatic heterocycles. The average molecular weight is 329 g/mol. The van der Waals surface area contributed by atoms with Gasteiger partial charge in [-0.25, -0.2) is 0 Å². The maximum atomic E-state index is 4.80. The molecule has 3 rings (SSSR count). The van der Waals surface area contributed by atoms with E-state index in [-0.39, 0.29) is 0 Å². The van der Waals surface area contributed by atoms with Gasteiger partial charge in [0.05, 0.1) is 6.20 Å². The normalized spacial score (nSPS) is 18.3. The predicted molar refractivity (Wildman–Crippen MR) is 95.0 cm³/mol. The maximum Gasteiger partial charge on any atom is 0.193 e. The Bertz CT molecular complexity index is 644. The summed E-state index contributed by atoms with van der Waals surface area (Å²) in [5.74, 6) is 1.58. The van der Waals surface area contributed by atoms with Crippen LogP contribution >= 0.6 is 0 Å². The fourth-order valence-corrected chi connectivity index (χ4v) is 3.15. The third kappa shape index (κ3) is 4.15. The lowest BCUT2D eigenvalue weighted by Gasteiger charge is -2.21. The highest BCUT2D eigenvalue weighted by Crippen LogP contribution is 2.26. The van der Waals surface area contributed by atoms with Gasteiger partial charge in [0, 0.05) is 64.3 Å². The van der Waals surface area contributed by atoms with Crippen molar-refractivity contribution < 1.29 is 0 Å². The van der Waals surface area contributed by atoms with E-state index in [1.165, 1.54) is 5.56 Å². The average Bonchev–Trinajstić information content (AvgIpc) is 3.31. The highest BCUT2D eigenvalue weighted by Gasteiger charge is 2.26. The first-order chi connectivity index (χ1) is 11.8. The van der Waals surface area contributed by atoms with Crippen molar-refractivity contribution in [2.45, 2.75) is 32.2 Å². The zero-order valence-corrected chi connectivity index (χ0v) is 14.6. The van der Waals surface area contributed by atoms with E-state index in [2.05, 4.69) is 33.5 Å². The number of aliphatic imine (C=N–C) groups is 1. The molecule has 1 fully saturated rings. The zero-order valence-electron chi connectivity index (χ0n) is 14.6. The van der Waals surface area contributed by atoms with Crippen LogP contribution in [0.3, 0.4) is 0 Å². The Labute approximate surface area is 143 Å². The molecule has 3 heterocycles. The van der Waals surface area contributed by atoms with Crippen LogP contribution in [-0.2, 0) is 13.6 Å². The highest BCUT2D eigenvalue weighted by atomic mass is 15.3. The Morgan fingerprint density at radius 2 is 2.33 bits per heavy atom. The van der Waals surface area contributed by atoms with E-state index in [0.29, 0.717) is 5.92 Å². The minimum atomic E-state index is 0.548. The molecule has 2 aromatic rings.